The summed E-state index contributed by atoms with van der Waals surface area (Å²) in [6.45, 7) is 1.21. The molecule has 0 aromatic heterocycles. The first-order valence-electron chi connectivity index (χ1n) is 2.92. The van der Waals surface area contributed by atoms with E-state index in [0.717, 1.165) is 6.42 Å². The van der Waals surface area contributed by atoms with Gasteiger partial charge in [0.05, 0.1) is 19.1 Å². The third-order valence-electron chi connectivity index (χ3n) is 0.781. The van der Waals surface area contributed by atoms with E-state index in [9.17, 15) is 0 Å². The van der Waals surface area contributed by atoms with E-state index in [-0.39, 0.29) is 0 Å². The third-order valence-corrected chi connectivity index (χ3v) is 1.05. The number of nitriles is 1. The topological polar surface area (TPSA) is 33.0 Å². The fourth-order valence-electron chi connectivity index (χ4n) is 0.376. The van der Waals surface area contributed by atoms with Crippen LogP contribution in [-0.2, 0) is 4.74 Å². The van der Waals surface area contributed by atoms with Crippen LogP contribution in [0.3, 0.4) is 0 Å². The first kappa shape index (κ1) is 8.74. The molecule has 0 saturated carbocycles. The highest BCUT2D eigenvalue weighted by Crippen LogP contribution is 1.86. The fourth-order valence-corrected chi connectivity index (χ4v) is 0.486. The van der Waals surface area contributed by atoms with Gasteiger partial charge >= 0.3 is 0 Å². The highest BCUT2D eigenvalue weighted by molar-refractivity contribution is 6.17. The van der Waals surface area contributed by atoms with Gasteiger partial charge in [-0.3, -0.25) is 0 Å². The van der Waals surface area contributed by atoms with Crippen LogP contribution < -0.4 is 0 Å². The average Bonchev–Trinajstić information content (AvgIpc) is 1.89. The molecule has 0 saturated heterocycles. The molecular formula is C6H10ClNO. The van der Waals surface area contributed by atoms with Gasteiger partial charge in [0.2, 0.25) is 0 Å². The summed E-state index contributed by atoms with van der Waals surface area (Å²) in [7, 11) is 0. The molecule has 0 aromatic rings. The Morgan fingerprint density at radius 3 is 2.78 bits per heavy atom. The molecule has 0 atom stereocenters. The predicted molar refractivity (Wildman–Crippen MR) is 36.4 cm³/mol. The lowest BCUT2D eigenvalue weighted by Gasteiger charge is -1.96. The second kappa shape index (κ2) is 7.74. The van der Waals surface area contributed by atoms with Crippen molar-refractivity contribution in [3.05, 3.63) is 0 Å². The molecule has 0 heterocycles. The highest BCUT2D eigenvalue weighted by Gasteiger charge is 1.85. The van der Waals surface area contributed by atoms with E-state index >= 15 is 0 Å². The number of halogens is 1. The summed E-state index contributed by atoms with van der Waals surface area (Å²) >= 11 is 5.37. The molecule has 2 nitrogen and oxygen atoms in total. The number of ether oxygens (including phenoxy) is 1. The molecule has 3 heteroatoms. The zero-order valence-corrected chi connectivity index (χ0v) is 6.02. The van der Waals surface area contributed by atoms with Crippen LogP contribution in [-0.4, -0.2) is 19.1 Å². The third kappa shape index (κ3) is 7.74. The number of nitrogens with zero attached hydrogens (tertiary/aromatic N) is 1. The Hall–Kier alpha value is -0.260. The lowest BCUT2D eigenvalue weighted by atomic mass is 10.5. The van der Waals surface area contributed by atoms with Crippen molar-refractivity contribution in [2.45, 2.75) is 12.8 Å². The van der Waals surface area contributed by atoms with E-state index in [2.05, 4.69) is 0 Å². The standard InChI is InChI=1S/C6H10ClNO/c7-3-1-5-9-6-2-4-8/h1-3,5-6H2. The van der Waals surface area contributed by atoms with Crippen molar-refractivity contribution in [1.82, 2.24) is 0 Å². The number of hydrogen-bond acceptors (Lipinski definition) is 2. The second-order valence-electron chi connectivity index (χ2n) is 1.56. The molecule has 0 N–H and O–H groups in total. The van der Waals surface area contributed by atoms with Crippen LogP contribution in [0.15, 0.2) is 0 Å². The Balaban J connectivity index is 2.69. The van der Waals surface area contributed by atoms with Crippen LogP contribution in [0.5, 0.6) is 0 Å². The Kier molecular flexibility index (Phi) is 7.52. The monoisotopic (exact) mass is 147 g/mol. The molecule has 0 aromatic carbocycles. The van der Waals surface area contributed by atoms with Gasteiger partial charge in [-0.25, -0.2) is 0 Å². The Labute approximate surface area is 60.4 Å². The van der Waals surface area contributed by atoms with E-state index < -0.39 is 0 Å². The Morgan fingerprint density at radius 1 is 1.44 bits per heavy atom. The Morgan fingerprint density at radius 2 is 2.22 bits per heavy atom. The fraction of sp³-hybridized carbons (Fsp3) is 0.833. The van der Waals surface area contributed by atoms with Crippen molar-refractivity contribution >= 4 is 11.6 Å². The van der Waals surface area contributed by atoms with Crippen LogP contribution >= 0.6 is 11.6 Å². The van der Waals surface area contributed by atoms with Crippen LogP contribution in [0.1, 0.15) is 12.8 Å². The second-order valence-corrected chi connectivity index (χ2v) is 1.94. The molecule has 0 aliphatic carbocycles. The van der Waals surface area contributed by atoms with Crippen molar-refractivity contribution in [3.63, 3.8) is 0 Å². The summed E-state index contributed by atoms with van der Waals surface area (Å²) in [6.07, 6.45) is 1.34. The predicted octanol–water partition coefficient (Wildman–Crippen LogP) is 1.55. The molecular weight excluding hydrogens is 138 g/mol. The highest BCUT2D eigenvalue weighted by atomic mass is 35.5. The minimum atomic E-state index is 0.474. The molecule has 0 radical (unpaired) electrons. The molecule has 52 valence electrons. The molecule has 0 aliphatic heterocycles. The van der Waals surface area contributed by atoms with E-state index in [1.165, 1.54) is 0 Å². The smallest absolute Gasteiger partial charge is 0.0645 e. The minimum absolute atomic E-state index is 0.474. The molecule has 0 aliphatic rings. The van der Waals surface area contributed by atoms with Gasteiger partial charge in [0.1, 0.15) is 0 Å². The van der Waals surface area contributed by atoms with Crippen LogP contribution in [0.4, 0.5) is 0 Å². The molecule has 0 amide bonds. The van der Waals surface area contributed by atoms with E-state index in [1.807, 2.05) is 6.07 Å². The van der Waals surface area contributed by atoms with E-state index in [4.69, 9.17) is 21.6 Å². The SMILES string of the molecule is N#CCCOCCCCl. The average molecular weight is 148 g/mol. The van der Waals surface area contributed by atoms with Gasteiger partial charge in [-0.05, 0) is 6.42 Å². The molecule has 0 spiro atoms. The van der Waals surface area contributed by atoms with Gasteiger partial charge in [0.15, 0.2) is 0 Å². The zero-order valence-electron chi connectivity index (χ0n) is 5.27. The van der Waals surface area contributed by atoms with Gasteiger partial charge in [-0.2, -0.15) is 5.26 Å². The Bertz CT molecular complexity index is 89.5. The van der Waals surface area contributed by atoms with Crippen molar-refractivity contribution in [1.29, 1.82) is 5.26 Å². The molecule has 0 bridgehead atoms. The van der Waals surface area contributed by atoms with Crippen molar-refractivity contribution in [2.24, 2.45) is 0 Å². The summed E-state index contributed by atoms with van der Waals surface area (Å²) < 4.78 is 5.01. The summed E-state index contributed by atoms with van der Waals surface area (Å²) in [6, 6.07) is 1.99. The summed E-state index contributed by atoms with van der Waals surface area (Å²) in [5, 5.41) is 8.07. The zero-order chi connectivity index (χ0) is 6.95. The number of hydrogen-bond donors (Lipinski definition) is 0. The van der Waals surface area contributed by atoms with Gasteiger partial charge in [0, 0.05) is 12.5 Å². The molecule has 0 fully saturated rings. The maximum absolute atomic E-state index is 8.07. The van der Waals surface area contributed by atoms with Crippen LogP contribution in [0, 0.1) is 11.3 Å². The maximum Gasteiger partial charge on any atom is 0.0645 e. The summed E-state index contributed by atoms with van der Waals surface area (Å²) in [4.78, 5) is 0. The van der Waals surface area contributed by atoms with Gasteiger partial charge < -0.3 is 4.74 Å². The van der Waals surface area contributed by atoms with Gasteiger partial charge in [-0.1, -0.05) is 0 Å². The van der Waals surface area contributed by atoms with Gasteiger partial charge in [-0.15, -0.1) is 11.6 Å². The van der Waals surface area contributed by atoms with E-state index in [1.54, 1.807) is 0 Å². The van der Waals surface area contributed by atoms with Gasteiger partial charge in [0.25, 0.3) is 0 Å². The first-order chi connectivity index (χ1) is 4.41. The van der Waals surface area contributed by atoms with Crippen molar-refractivity contribution < 1.29 is 4.74 Å². The minimum Gasteiger partial charge on any atom is -0.380 e. The van der Waals surface area contributed by atoms with Crippen molar-refractivity contribution in [2.75, 3.05) is 19.1 Å². The normalized spacial score (nSPS) is 8.89. The van der Waals surface area contributed by atoms with Crippen molar-refractivity contribution in [3.8, 4) is 6.07 Å². The first-order valence-corrected chi connectivity index (χ1v) is 3.46. The van der Waals surface area contributed by atoms with E-state index in [0.29, 0.717) is 25.5 Å². The molecule has 0 rings (SSSR count). The summed E-state index contributed by atoms with van der Waals surface area (Å²) in [5.41, 5.74) is 0. The maximum atomic E-state index is 8.07. The molecule has 0 unspecified atom stereocenters. The lowest BCUT2D eigenvalue weighted by Crippen LogP contribution is -1.95. The van der Waals surface area contributed by atoms with Crippen LogP contribution in [0.2, 0.25) is 0 Å². The van der Waals surface area contributed by atoms with Crippen LogP contribution in [0.25, 0.3) is 0 Å². The number of rotatable bonds is 5. The lowest BCUT2D eigenvalue weighted by molar-refractivity contribution is 0.141. The molecule has 9 heavy (non-hydrogen) atoms. The summed E-state index contributed by atoms with van der Waals surface area (Å²) in [5.74, 6) is 0.632. The quantitative estimate of drug-likeness (QED) is 0.437. The largest absolute Gasteiger partial charge is 0.380 e. The number of alkyl halides is 1.